The summed E-state index contributed by atoms with van der Waals surface area (Å²) in [6, 6.07) is 2.24. The van der Waals surface area contributed by atoms with E-state index in [9.17, 15) is 12.8 Å². The molecule has 1 aromatic carbocycles. The summed E-state index contributed by atoms with van der Waals surface area (Å²) in [7, 11) is -3.99. The van der Waals surface area contributed by atoms with Crippen LogP contribution in [0.2, 0.25) is 5.02 Å². The van der Waals surface area contributed by atoms with Crippen molar-refractivity contribution in [2.45, 2.75) is 18.7 Å². The molecule has 5 nitrogen and oxygen atoms in total. The Morgan fingerprint density at radius 2 is 2.05 bits per heavy atom. The Balaban J connectivity index is 3.14. The fraction of sp³-hybridized carbons (Fsp3) is 0.500. The van der Waals surface area contributed by atoms with Gasteiger partial charge in [-0.25, -0.2) is 12.8 Å². The van der Waals surface area contributed by atoms with E-state index < -0.39 is 20.7 Å². The predicted octanol–water partition coefficient (Wildman–Crippen LogP) is 2.11. The Hall–Kier alpha value is -0.890. The van der Waals surface area contributed by atoms with Gasteiger partial charge in [-0.15, -0.1) is 0 Å². The van der Waals surface area contributed by atoms with Gasteiger partial charge in [0.05, 0.1) is 11.6 Å². The summed E-state index contributed by atoms with van der Waals surface area (Å²) < 4.78 is 45.0. The first-order valence-corrected chi connectivity index (χ1v) is 7.98. The molecule has 0 aliphatic rings. The van der Waals surface area contributed by atoms with E-state index in [1.54, 1.807) is 6.92 Å². The Morgan fingerprint density at radius 3 is 2.60 bits per heavy atom. The van der Waals surface area contributed by atoms with E-state index in [0.29, 0.717) is 6.61 Å². The summed E-state index contributed by atoms with van der Waals surface area (Å²) in [5.41, 5.74) is 5.62. The fourth-order valence-corrected chi connectivity index (χ4v) is 3.51. The van der Waals surface area contributed by atoms with Gasteiger partial charge in [0.25, 0.3) is 0 Å². The van der Waals surface area contributed by atoms with Crippen LogP contribution in [0, 0.1) is 5.82 Å². The molecule has 1 aromatic rings. The maximum Gasteiger partial charge on any atom is 0.246 e. The molecular weight excluding hydrogens is 307 g/mol. The highest BCUT2D eigenvalue weighted by atomic mass is 35.5. The van der Waals surface area contributed by atoms with Crippen molar-refractivity contribution in [3.05, 3.63) is 23.0 Å². The van der Waals surface area contributed by atoms with Crippen LogP contribution in [0.3, 0.4) is 0 Å². The molecule has 0 aliphatic carbocycles. The summed E-state index contributed by atoms with van der Waals surface area (Å²) in [6.07, 6.45) is 0. The first-order valence-electron chi connectivity index (χ1n) is 6.17. The number of ether oxygens (including phenoxy) is 1. The molecule has 0 saturated carbocycles. The lowest BCUT2D eigenvalue weighted by Crippen LogP contribution is -2.34. The van der Waals surface area contributed by atoms with Crippen LogP contribution in [0.5, 0.6) is 0 Å². The van der Waals surface area contributed by atoms with Crippen molar-refractivity contribution in [3.63, 3.8) is 0 Å². The number of nitrogens with zero attached hydrogens (tertiary/aromatic N) is 1. The van der Waals surface area contributed by atoms with Crippen molar-refractivity contribution in [2.75, 3.05) is 32.0 Å². The van der Waals surface area contributed by atoms with Crippen molar-refractivity contribution < 1.29 is 17.5 Å². The lowest BCUT2D eigenvalue weighted by molar-refractivity contribution is 0.135. The van der Waals surface area contributed by atoms with E-state index >= 15 is 0 Å². The molecule has 0 bridgehead atoms. The number of nitrogen functional groups attached to an aromatic ring is 1. The highest BCUT2D eigenvalue weighted by molar-refractivity contribution is 7.89. The van der Waals surface area contributed by atoms with Crippen molar-refractivity contribution in [3.8, 4) is 0 Å². The Kier molecular flexibility index (Phi) is 6.19. The molecule has 0 atom stereocenters. The highest BCUT2D eigenvalue weighted by Crippen LogP contribution is 2.27. The highest BCUT2D eigenvalue weighted by Gasteiger charge is 2.27. The van der Waals surface area contributed by atoms with Crippen molar-refractivity contribution in [1.29, 1.82) is 0 Å². The number of anilines is 1. The second kappa shape index (κ2) is 7.21. The molecule has 0 unspecified atom stereocenters. The van der Waals surface area contributed by atoms with E-state index in [4.69, 9.17) is 22.1 Å². The molecule has 2 N–H and O–H groups in total. The molecule has 0 radical (unpaired) electrons. The van der Waals surface area contributed by atoms with E-state index in [0.717, 1.165) is 10.4 Å². The monoisotopic (exact) mass is 324 g/mol. The summed E-state index contributed by atoms with van der Waals surface area (Å²) in [6.45, 7) is 4.52. The maximum absolute atomic E-state index is 13.9. The standard InChI is InChI=1S/C12H18ClFN2O3S/c1-3-16(5-6-19-4-2)20(17,18)11-8-9(15)7-10(13)12(11)14/h7-8H,3-6,15H2,1-2H3. The third-order valence-electron chi connectivity index (χ3n) is 2.68. The molecule has 0 spiro atoms. The van der Waals surface area contributed by atoms with Gasteiger partial charge in [-0.2, -0.15) is 4.31 Å². The second-order valence-corrected chi connectivity index (χ2v) is 6.32. The first kappa shape index (κ1) is 17.2. The number of halogens is 2. The average molecular weight is 325 g/mol. The molecule has 8 heteroatoms. The molecule has 0 aromatic heterocycles. The molecule has 0 heterocycles. The predicted molar refractivity (Wildman–Crippen MR) is 76.7 cm³/mol. The van der Waals surface area contributed by atoms with Crippen LogP contribution in [0.4, 0.5) is 10.1 Å². The van der Waals surface area contributed by atoms with Gasteiger partial charge in [0.1, 0.15) is 4.90 Å². The van der Waals surface area contributed by atoms with Crippen LogP contribution in [0.25, 0.3) is 0 Å². The lowest BCUT2D eigenvalue weighted by Gasteiger charge is -2.21. The van der Waals surface area contributed by atoms with Crippen LogP contribution in [-0.4, -0.2) is 39.0 Å². The minimum Gasteiger partial charge on any atom is -0.399 e. The van der Waals surface area contributed by atoms with Gasteiger partial charge in [0, 0.05) is 25.4 Å². The van der Waals surface area contributed by atoms with Gasteiger partial charge >= 0.3 is 0 Å². The van der Waals surface area contributed by atoms with Crippen LogP contribution in [0.1, 0.15) is 13.8 Å². The van der Waals surface area contributed by atoms with Crippen LogP contribution in [-0.2, 0) is 14.8 Å². The minimum absolute atomic E-state index is 0.0934. The zero-order chi connectivity index (χ0) is 15.3. The lowest BCUT2D eigenvalue weighted by atomic mass is 10.3. The van der Waals surface area contributed by atoms with E-state index in [-0.39, 0.29) is 30.4 Å². The normalized spacial score (nSPS) is 12.1. The number of likely N-dealkylation sites (N-methyl/N-ethyl adjacent to an activating group) is 1. The molecule has 1 rings (SSSR count). The molecular formula is C12H18ClFN2O3S. The first-order chi connectivity index (χ1) is 9.34. The second-order valence-electron chi connectivity index (χ2n) is 4.01. The smallest absolute Gasteiger partial charge is 0.246 e. The van der Waals surface area contributed by atoms with Gasteiger partial charge in [0.15, 0.2) is 5.82 Å². The molecule has 20 heavy (non-hydrogen) atoms. The summed E-state index contributed by atoms with van der Waals surface area (Å²) in [5, 5.41) is -0.315. The quantitative estimate of drug-likeness (QED) is 0.616. The zero-order valence-corrected chi connectivity index (χ0v) is 13.0. The molecule has 0 aliphatic heterocycles. The number of sulfonamides is 1. The Bertz CT molecular complexity index is 566. The molecule has 114 valence electrons. The van der Waals surface area contributed by atoms with Gasteiger partial charge in [-0.3, -0.25) is 0 Å². The van der Waals surface area contributed by atoms with Gasteiger partial charge in [-0.05, 0) is 19.1 Å². The largest absolute Gasteiger partial charge is 0.399 e. The third-order valence-corrected chi connectivity index (χ3v) is 4.93. The van der Waals surface area contributed by atoms with Crippen molar-refractivity contribution >= 4 is 27.3 Å². The van der Waals surface area contributed by atoms with Crippen LogP contribution >= 0.6 is 11.6 Å². The number of nitrogens with two attached hydrogens (primary N) is 1. The topological polar surface area (TPSA) is 72.6 Å². The molecule has 0 amide bonds. The Morgan fingerprint density at radius 1 is 1.40 bits per heavy atom. The number of benzene rings is 1. The van der Waals surface area contributed by atoms with E-state index in [1.165, 1.54) is 6.07 Å². The van der Waals surface area contributed by atoms with E-state index in [1.807, 2.05) is 6.92 Å². The van der Waals surface area contributed by atoms with Gasteiger partial charge < -0.3 is 10.5 Å². The summed E-state index contributed by atoms with van der Waals surface area (Å²) >= 11 is 5.64. The minimum atomic E-state index is -3.99. The van der Waals surface area contributed by atoms with Crippen molar-refractivity contribution in [1.82, 2.24) is 4.31 Å². The molecule has 0 fully saturated rings. The SMILES string of the molecule is CCOCCN(CC)S(=O)(=O)c1cc(N)cc(Cl)c1F. The zero-order valence-electron chi connectivity index (χ0n) is 11.4. The average Bonchev–Trinajstić information content (AvgIpc) is 2.38. The number of hydrogen-bond donors (Lipinski definition) is 1. The summed E-state index contributed by atoms with van der Waals surface area (Å²) in [5.74, 6) is -0.990. The third kappa shape index (κ3) is 3.82. The Labute approximate surface area is 123 Å². The van der Waals surface area contributed by atoms with Crippen molar-refractivity contribution in [2.24, 2.45) is 0 Å². The van der Waals surface area contributed by atoms with Gasteiger partial charge in [-0.1, -0.05) is 18.5 Å². The van der Waals surface area contributed by atoms with E-state index in [2.05, 4.69) is 0 Å². The summed E-state index contributed by atoms with van der Waals surface area (Å²) in [4.78, 5) is -0.513. The number of hydrogen-bond acceptors (Lipinski definition) is 4. The molecule has 0 saturated heterocycles. The van der Waals surface area contributed by atoms with Crippen LogP contribution in [0.15, 0.2) is 17.0 Å². The van der Waals surface area contributed by atoms with Crippen LogP contribution < -0.4 is 5.73 Å². The number of rotatable bonds is 7. The maximum atomic E-state index is 13.9. The fourth-order valence-electron chi connectivity index (χ4n) is 1.67. The van der Waals surface area contributed by atoms with Gasteiger partial charge in [0.2, 0.25) is 10.0 Å².